The van der Waals surface area contributed by atoms with Crippen LogP contribution >= 0.6 is 0 Å². The second-order valence-electron chi connectivity index (χ2n) is 8.75. The predicted molar refractivity (Wildman–Crippen MR) is 130 cm³/mol. The first kappa shape index (κ1) is 25.3. The minimum Gasteiger partial charge on any atom is -0.456 e. The Morgan fingerprint density at radius 3 is 2.72 bits per heavy atom. The zero-order chi connectivity index (χ0) is 25.7. The standard InChI is InChI=1S/C26H29N5O5/c1-3-5-11-21(32)30-25-18-12-13-20(31(18)29-16-28-25)26(15-27)24(34)23(19(4-2)36-26)35-22(33)14-17-9-7-6-8-10-17/h6-10,12-13,16,19,23-24,34H,3-5,11,14H2,1-2H3,(H,28,29,30,32)/t19-,23-,24-,26+/m1/s1. The molecule has 0 saturated carbocycles. The third-order valence-corrected chi connectivity index (χ3v) is 6.31. The van der Waals surface area contributed by atoms with Crippen molar-refractivity contribution in [3.8, 4) is 6.07 Å². The normalized spacial score (nSPS) is 23.3. The van der Waals surface area contributed by atoms with Crippen LogP contribution in [0.3, 0.4) is 0 Å². The van der Waals surface area contributed by atoms with Gasteiger partial charge in [-0.05, 0) is 30.5 Å². The Balaban J connectivity index is 1.62. The predicted octanol–water partition coefficient (Wildman–Crippen LogP) is 2.90. The van der Waals surface area contributed by atoms with Crippen LogP contribution in [0, 0.1) is 11.3 Å². The molecule has 2 aromatic heterocycles. The largest absolute Gasteiger partial charge is 0.456 e. The van der Waals surface area contributed by atoms with E-state index in [0.717, 1.165) is 18.4 Å². The second-order valence-corrected chi connectivity index (χ2v) is 8.75. The number of carbonyl (C=O) groups is 2. The van der Waals surface area contributed by atoms with Crippen LogP contribution in [0.15, 0.2) is 48.8 Å². The van der Waals surface area contributed by atoms with Crippen molar-refractivity contribution in [3.05, 3.63) is 60.0 Å². The van der Waals surface area contributed by atoms with Crippen LogP contribution in [0.25, 0.3) is 5.52 Å². The van der Waals surface area contributed by atoms with Crippen LogP contribution in [0.1, 0.15) is 50.8 Å². The fourth-order valence-electron chi connectivity index (χ4n) is 4.43. The van der Waals surface area contributed by atoms with Gasteiger partial charge in [0.1, 0.15) is 24.0 Å². The zero-order valence-electron chi connectivity index (χ0n) is 20.3. The summed E-state index contributed by atoms with van der Waals surface area (Å²) in [7, 11) is 0. The van der Waals surface area contributed by atoms with Gasteiger partial charge in [0.15, 0.2) is 11.9 Å². The fourth-order valence-corrected chi connectivity index (χ4v) is 4.43. The van der Waals surface area contributed by atoms with Gasteiger partial charge >= 0.3 is 5.97 Å². The number of hydrogen-bond acceptors (Lipinski definition) is 8. The maximum atomic E-state index is 12.7. The van der Waals surface area contributed by atoms with Crippen molar-refractivity contribution in [3.63, 3.8) is 0 Å². The number of rotatable bonds is 9. The molecular weight excluding hydrogens is 462 g/mol. The Bertz CT molecular complexity index is 1270. The summed E-state index contributed by atoms with van der Waals surface area (Å²) >= 11 is 0. The highest BCUT2D eigenvalue weighted by atomic mass is 16.6. The average Bonchev–Trinajstić information content (AvgIpc) is 3.44. The fraction of sp³-hybridized carbons (Fsp3) is 0.423. The van der Waals surface area contributed by atoms with E-state index in [0.29, 0.717) is 18.4 Å². The molecule has 4 atom stereocenters. The van der Waals surface area contributed by atoms with Crippen LogP contribution in [0.4, 0.5) is 5.82 Å². The van der Waals surface area contributed by atoms with Gasteiger partial charge in [0.05, 0.1) is 18.2 Å². The maximum Gasteiger partial charge on any atom is 0.310 e. The van der Waals surface area contributed by atoms with Gasteiger partial charge in [-0.25, -0.2) is 9.50 Å². The van der Waals surface area contributed by atoms with E-state index in [1.54, 1.807) is 12.1 Å². The van der Waals surface area contributed by atoms with Gasteiger partial charge in [0.25, 0.3) is 0 Å². The molecule has 36 heavy (non-hydrogen) atoms. The first-order valence-electron chi connectivity index (χ1n) is 12.1. The molecule has 1 aromatic carbocycles. The van der Waals surface area contributed by atoms with Crippen LogP contribution in [0.2, 0.25) is 0 Å². The highest BCUT2D eigenvalue weighted by molar-refractivity contribution is 5.93. The highest BCUT2D eigenvalue weighted by Gasteiger charge is 2.59. The molecule has 10 nitrogen and oxygen atoms in total. The quantitative estimate of drug-likeness (QED) is 0.436. The summed E-state index contributed by atoms with van der Waals surface area (Å²) in [6, 6.07) is 14.5. The lowest BCUT2D eigenvalue weighted by atomic mass is 9.92. The van der Waals surface area contributed by atoms with E-state index in [1.807, 2.05) is 44.2 Å². The molecule has 1 amide bonds. The van der Waals surface area contributed by atoms with E-state index in [4.69, 9.17) is 9.47 Å². The van der Waals surface area contributed by atoms with Gasteiger partial charge in [0, 0.05) is 6.42 Å². The Hall–Kier alpha value is -3.81. The number of nitrogens with zero attached hydrogens (tertiary/aromatic N) is 4. The molecule has 0 radical (unpaired) electrons. The Morgan fingerprint density at radius 1 is 1.25 bits per heavy atom. The summed E-state index contributed by atoms with van der Waals surface area (Å²) in [5.74, 6) is -0.417. The van der Waals surface area contributed by atoms with Gasteiger partial charge in [-0.3, -0.25) is 9.59 Å². The Morgan fingerprint density at radius 2 is 2.03 bits per heavy atom. The van der Waals surface area contributed by atoms with E-state index in [2.05, 4.69) is 21.5 Å². The number of nitriles is 1. The summed E-state index contributed by atoms with van der Waals surface area (Å²) in [6.07, 6.45) is 0.459. The van der Waals surface area contributed by atoms with Gasteiger partial charge in [-0.2, -0.15) is 10.4 Å². The number of ether oxygens (including phenoxy) is 2. The molecule has 0 unspecified atom stereocenters. The summed E-state index contributed by atoms with van der Waals surface area (Å²) in [4.78, 5) is 29.1. The number of aromatic nitrogens is 3. The van der Waals surface area contributed by atoms with E-state index < -0.39 is 29.9 Å². The molecule has 188 valence electrons. The molecule has 2 N–H and O–H groups in total. The van der Waals surface area contributed by atoms with Crippen molar-refractivity contribution in [2.45, 2.75) is 69.9 Å². The summed E-state index contributed by atoms with van der Waals surface area (Å²) in [6.45, 7) is 3.82. The first-order valence-corrected chi connectivity index (χ1v) is 12.1. The minimum absolute atomic E-state index is 0.0302. The minimum atomic E-state index is -1.84. The van der Waals surface area contributed by atoms with E-state index >= 15 is 0 Å². The lowest BCUT2D eigenvalue weighted by Gasteiger charge is -2.25. The lowest BCUT2D eigenvalue weighted by Crippen LogP contribution is -2.42. The SMILES string of the molecule is CCCCC(=O)Nc1ncnn2c([C@]3(C#N)O[C@H](CC)[C@@H](OC(=O)Cc4ccccc4)[C@H]3O)ccc12. The van der Waals surface area contributed by atoms with Crippen LogP contribution in [-0.2, 0) is 31.1 Å². The van der Waals surface area contributed by atoms with E-state index in [-0.39, 0.29) is 23.8 Å². The zero-order valence-corrected chi connectivity index (χ0v) is 20.3. The van der Waals surface area contributed by atoms with Crippen molar-refractivity contribution < 1.29 is 24.2 Å². The van der Waals surface area contributed by atoms with Crippen molar-refractivity contribution >= 4 is 23.2 Å². The Labute approximate surface area is 208 Å². The number of fused-ring (bicyclic) bond motifs is 1. The molecule has 1 fully saturated rings. The van der Waals surface area contributed by atoms with Gasteiger partial charge in [-0.1, -0.05) is 50.6 Å². The third kappa shape index (κ3) is 4.80. The molecule has 3 heterocycles. The molecule has 4 rings (SSSR count). The molecule has 0 aliphatic carbocycles. The monoisotopic (exact) mass is 491 g/mol. The second kappa shape index (κ2) is 10.8. The first-order chi connectivity index (χ1) is 17.4. The topological polar surface area (TPSA) is 139 Å². The molecule has 3 aromatic rings. The highest BCUT2D eigenvalue weighted by Crippen LogP contribution is 2.42. The van der Waals surface area contributed by atoms with Crippen LogP contribution in [0.5, 0.6) is 0 Å². The van der Waals surface area contributed by atoms with Gasteiger partial charge in [0.2, 0.25) is 11.5 Å². The van der Waals surface area contributed by atoms with Crippen LogP contribution < -0.4 is 5.32 Å². The number of aliphatic hydroxyl groups excluding tert-OH is 1. The molecule has 0 spiro atoms. The Kier molecular flexibility index (Phi) is 7.62. The number of nitrogens with one attached hydrogen (secondary N) is 1. The molecule has 1 saturated heterocycles. The third-order valence-electron chi connectivity index (χ3n) is 6.31. The molecule has 1 aliphatic rings. The molecule has 1 aliphatic heterocycles. The molecule has 10 heteroatoms. The lowest BCUT2D eigenvalue weighted by molar-refractivity contribution is -0.154. The summed E-state index contributed by atoms with van der Waals surface area (Å²) in [5, 5.41) is 28.6. The number of carbonyl (C=O) groups excluding carboxylic acids is 2. The van der Waals surface area contributed by atoms with E-state index in [1.165, 1.54) is 10.8 Å². The van der Waals surface area contributed by atoms with E-state index in [9.17, 15) is 20.0 Å². The smallest absolute Gasteiger partial charge is 0.310 e. The van der Waals surface area contributed by atoms with Gasteiger partial charge in [-0.15, -0.1) is 0 Å². The number of esters is 1. The number of amides is 1. The molecular formula is C26H29N5O5. The average molecular weight is 492 g/mol. The van der Waals surface area contributed by atoms with Gasteiger partial charge < -0.3 is 19.9 Å². The number of hydrogen-bond donors (Lipinski definition) is 2. The van der Waals surface area contributed by atoms with Crippen molar-refractivity contribution in [2.75, 3.05) is 5.32 Å². The van der Waals surface area contributed by atoms with Crippen molar-refractivity contribution in [1.82, 2.24) is 14.6 Å². The summed E-state index contributed by atoms with van der Waals surface area (Å²) < 4.78 is 13.2. The van der Waals surface area contributed by atoms with Crippen molar-refractivity contribution in [1.29, 1.82) is 5.26 Å². The van der Waals surface area contributed by atoms with Crippen molar-refractivity contribution in [2.24, 2.45) is 0 Å². The number of benzene rings is 1. The maximum absolute atomic E-state index is 12.7. The number of aliphatic hydroxyl groups is 1. The molecule has 0 bridgehead atoms. The number of anilines is 1. The summed E-state index contributed by atoms with van der Waals surface area (Å²) in [5.41, 5.74) is -0.375. The number of unbranched alkanes of at least 4 members (excludes halogenated alkanes) is 1. The van der Waals surface area contributed by atoms with Crippen LogP contribution in [-0.4, -0.2) is 49.9 Å².